The van der Waals surface area contributed by atoms with Crippen molar-refractivity contribution in [2.45, 2.75) is 43.6 Å². The molecule has 24 heavy (non-hydrogen) atoms. The summed E-state index contributed by atoms with van der Waals surface area (Å²) in [5.74, 6) is 1.35. The third kappa shape index (κ3) is 4.34. The fraction of sp³-hybridized carbons (Fsp3) is 0.450. The first-order valence-corrected chi connectivity index (χ1v) is 8.70. The van der Waals surface area contributed by atoms with Crippen molar-refractivity contribution in [1.82, 2.24) is 4.98 Å². The summed E-state index contributed by atoms with van der Waals surface area (Å²) in [6, 6.07) is 12.4. The second-order valence-corrected chi connectivity index (χ2v) is 6.84. The molecule has 1 aromatic carbocycles. The minimum atomic E-state index is -0.397. The van der Waals surface area contributed by atoms with Crippen molar-refractivity contribution >= 4 is 0 Å². The molecule has 0 unspecified atom stereocenters. The molecule has 1 fully saturated rings. The van der Waals surface area contributed by atoms with E-state index in [1.54, 1.807) is 6.20 Å². The molecule has 0 aliphatic heterocycles. The molecule has 0 bridgehead atoms. The lowest BCUT2D eigenvalue weighted by Gasteiger charge is -2.21. The fourth-order valence-electron chi connectivity index (χ4n) is 3.43. The van der Waals surface area contributed by atoms with E-state index in [0.29, 0.717) is 12.5 Å². The minimum Gasteiger partial charge on any atom is -0.494 e. The van der Waals surface area contributed by atoms with Gasteiger partial charge in [-0.05, 0) is 67.3 Å². The van der Waals surface area contributed by atoms with Gasteiger partial charge in [0.15, 0.2) is 0 Å². The van der Waals surface area contributed by atoms with Gasteiger partial charge in [0.1, 0.15) is 5.75 Å². The monoisotopic (exact) mass is 326 g/mol. The van der Waals surface area contributed by atoms with Gasteiger partial charge in [-0.25, -0.2) is 0 Å². The van der Waals surface area contributed by atoms with Crippen molar-refractivity contribution < 1.29 is 9.84 Å². The number of aromatic nitrogens is 1. The Morgan fingerprint density at radius 1 is 1.25 bits per heavy atom. The Morgan fingerprint density at radius 3 is 2.75 bits per heavy atom. The van der Waals surface area contributed by atoms with Crippen molar-refractivity contribution in [3.63, 3.8) is 0 Å². The van der Waals surface area contributed by atoms with Crippen molar-refractivity contribution in [2.75, 3.05) is 13.2 Å². The molecule has 0 radical (unpaired) electrons. The number of ether oxygens (including phenoxy) is 1. The quantitative estimate of drug-likeness (QED) is 0.767. The van der Waals surface area contributed by atoms with Gasteiger partial charge in [0, 0.05) is 17.9 Å². The van der Waals surface area contributed by atoms with Gasteiger partial charge in [0.25, 0.3) is 0 Å². The molecule has 128 valence electrons. The summed E-state index contributed by atoms with van der Waals surface area (Å²) in [5.41, 5.74) is 8.30. The first-order valence-electron chi connectivity index (χ1n) is 8.70. The molecule has 0 saturated heterocycles. The van der Waals surface area contributed by atoms with Crippen LogP contribution in [0.5, 0.6) is 5.75 Å². The molecular weight excluding hydrogens is 300 g/mol. The zero-order chi connectivity index (χ0) is 16.8. The Hall–Kier alpha value is -1.91. The van der Waals surface area contributed by atoms with Gasteiger partial charge < -0.3 is 15.6 Å². The molecule has 1 aliphatic carbocycles. The Balaban J connectivity index is 1.45. The number of nitrogens with zero attached hydrogens (tertiary/aromatic N) is 1. The molecule has 3 rings (SSSR count). The predicted octanol–water partition coefficient (Wildman–Crippen LogP) is 3.05. The van der Waals surface area contributed by atoms with E-state index < -0.39 is 5.54 Å². The average Bonchev–Trinajstić information content (AvgIpc) is 3.03. The van der Waals surface area contributed by atoms with E-state index in [1.807, 2.05) is 24.4 Å². The van der Waals surface area contributed by atoms with Crippen LogP contribution in [0.4, 0.5) is 0 Å². The van der Waals surface area contributed by atoms with E-state index in [9.17, 15) is 5.11 Å². The van der Waals surface area contributed by atoms with E-state index in [2.05, 4.69) is 23.2 Å². The molecule has 1 aliphatic rings. The summed E-state index contributed by atoms with van der Waals surface area (Å²) in [5, 5.41) is 9.39. The molecule has 4 nitrogen and oxygen atoms in total. The van der Waals surface area contributed by atoms with Crippen molar-refractivity contribution in [3.05, 3.63) is 59.9 Å². The second-order valence-electron chi connectivity index (χ2n) is 6.84. The van der Waals surface area contributed by atoms with Crippen LogP contribution in [0.1, 0.15) is 42.7 Å². The van der Waals surface area contributed by atoms with Crippen LogP contribution in [0.3, 0.4) is 0 Å². The highest BCUT2D eigenvalue weighted by atomic mass is 16.5. The van der Waals surface area contributed by atoms with Crippen molar-refractivity contribution in [1.29, 1.82) is 0 Å². The maximum atomic E-state index is 9.39. The Kier molecular flexibility index (Phi) is 5.48. The van der Waals surface area contributed by atoms with E-state index in [-0.39, 0.29) is 6.61 Å². The summed E-state index contributed by atoms with van der Waals surface area (Å²) in [4.78, 5) is 4.12. The normalized spacial score (nSPS) is 23.3. The summed E-state index contributed by atoms with van der Waals surface area (Å²) in [7, 11) is 0. The second kappa shape index (κ2) is 7.77. The highest BCUT2D eigenvalue weighted by Gasteiger charge is 2.35. The SMILES string of the molecule is N[C@]1(CO)CC[C@@H](c2ccc(OCCCc3cccnc3)cc2)C1. The molecule has 2 aromatic rings. The number of aliphatic hydroxyl groups is 1. The number of pyridine rings is 1. The van der Waals surface area contributed by atoms with E-state index in [4.69, 9.17) is 10.5 Å². The molecule has 3 N–H and O–H groups in total. The molecule has 1 aromatic heterocycles. The smallest absolute Gasteiger partial charge is 0.119 e. The number of hydrogen-bond acceptors (Lipinski definition) is 4. The molecule has 1 saturated carbocycles. The molecule has 0 amide bonds. The average molecular weight is 326 g/mol. The van der Waals surface area contributed by atoms with Crippen LogP contribution < -0.4 is 10.5 Å². The number of aryl methyl sites for hydroxylation is 1. The number of hydrogen-bond donors (Lipinski definition) is 2. The molecule has 4 heteroatoms. The first-order chi connectivity index (χ1) is 11.7. The van der Waals surface area contributed by atoms with Crippen molar-refractivity contribution in [2.24, 2.45) is 5.73 Å². The van der Waals surface area contributed by atoms with Crippen LogP contribution >= 0.6 is 0 Å². The largest absolute Gasteiger partial charge is 0.494 e. The van der Waals surface area contributed by atoms with Crippen LogP contribution in [0.25, 0.3) is 0 Å². The zero-order valence-electron chi connectivity index (χ0n) is 14.0. The van der Waals surface area contributed by atoms with E-state index in [0.717, 1.165) is 37.9 Å². The number of nitrogens with two attached hydrogens (primary N) is 1. The maximum Gasteiger partial charge on any atom is 0.119 e. The van der Waals surface area contributed by atoms with Crippen LogP contribution in [0.2, 0.25) is 0 Å². The summed E-state index contributed by atoms with van der Waals surface area (Å²) in [6.45, 7) is 0.774. The molecule has 1 heterocycles. The van der Waals surface area contributed by atoms with Crippen LogP contribution in [-0.4, -0.2) is 28.8 Å². The summed E-state index contributed by atoms with van der Waals surface area (Å²) < 4.78 is 5.82. The van der Waals surface area contributed by atoms with Gasteiger partial charge >= 0.3 is 0 Å². The topological polar surface area (TPSA) is 68.4 Å². The predicted molar refractivity (Wildman–Crippen MR) is 95.1 cm³/mol. The lowest BCUT2D eigenvalue weighted by atomic mass is 9.94. The molecular formula is C20H26N2O2. The fourth-order valence-corrected chi connectivity index (χ4v) is 3.43. The molecule has 2 atom stereocenters. The van der Waals surface area contributed by atoms with E-state index in [1.165, 1.54) is 11.1 Å². The standard InChI is InChI=1S/C20H26N2O2/c21-20(15-23)10-9-18(13-20)17-5-7-19(8-6-17)24-12-2-4-16-3-1-11-22-14-16/h1,3,5-8,11,14,18,23H,2,4,9-10,12-13,15,21H2/t18-,20-/m1/s1. The Labute approximate surface area is 143 Å². The Bertz CT molecular complexity index is 630. The van der Waals surface area contributed by atoms with Gasteiger partial charge in [-0.2, -0.15) is 0 Å². The van der Waals surface area contributed by atoms with Gasteiger partial charge in [-0.15, -0.1) is 0 Å². The Morgan fingerprint density at radius 2 is 2.08 bits per heavy atom. The van der Waals surface area contributed by atoms with Crippen LogP contribution in [-0.2, 0) is 6.42 Å². The lowest BCUT2D eigenvalue weighted by molar-refractivity contribution is 0.198. The van der Waals surface area contributed by atoms with Crippen molar-refractivity contribution in [3.8, 4) is 5.75 Å². The zero-order valence-corrected chi connectivity index (χ0v) is 14.0. The van der Waals surface area contributed by atoms with Crippen LogP contribution in [0.15, 0.2) is 48.8 Å². The highest BCUT2D eigenvalue weighted by Crippen LogP contribution is 2.39. The lowest BCUT2D eigenvalue weighted by Crippen LogP contribution is -2.40. The third-order valence-corrected chi connectivity index (χ3v) is 4.91. The minimum absolute atomic E-state index is 0.0711. The van der Waals surface area contributed by atoms with Gasteiger partial charge in [-0.1, -0.05) is 18.2 Å². The van der Waals surface area contributed by atoms with Crippen LogP contribution in [0, 0.1) is 0 Å². The van der Waals surface area contributed by atoms with Gasteiger partial charge in [0.2, 0.25) is 0 Å². The number of benzene rings is 1. The summed E-state index contributed by atoms with van der Waals surface area (Å²) in [6.07, 6.45) is 8.44. The highest BCUT2D eigenvalue weighted by molar-refractivity contribution is 5.30. The molecule has 0 spiro atoms. The maximum absolute atomic E-state index is 9.39. The first kappa shape index (κ1) is 16.9. The van der Waals surface area contributed by atoms with Gasteiger partial charge in [0.05, 0.1) is 13.2 Å². The van der Waals surface area contributed by atoms with Gasteiger partial charge in [-0.3, -0.25) is 4.98 Å². The summed E-state index contributed by atoms with van der Waals surface area (Å²) >= 11 is 0. The number of aliphatic hydroxyl groups excluding tert-OH is 1. The number of rotatable bonds is 7. The third-order valence-electron chi connectivity index (χ3n) is 4.91. The van der Waals surface area contributed by atoms with E-state index >= 15 is 0 Å².